The van der Waals surface area contributed by atoms with Crippen molar-refractivity contribution in [3.8, 4) is 23.0 Å². The Morgan fingerprint density at radius 2 is 0.800 bits per heavy atom. The molecule has 4 nitrogen and oxygen atoms in total. The fourth-order valence-corrected chi connectivity index (χ4v) is 4.36. The molecule has 0 aromatic heterocycles. The number of hydrogen-bond donors (Lipinski definition) is 0. The third-order valence-electron chi connectivity index (χ3n) is 4.22. The highest BCUT2D eigenvalue weighted by molar-refractivity contribution is 7.91. The molecule has 0 N–H and O–H groups in total. The molecule has 0 aliphatic heterocycles. The Kier molecular flexibility index (Phi) is 6.77. The van der Waals surface area contributed by atoms with Gasteiger partial charge in [0.1, 0.15) is 32.8 Å². The monoisotopic (exact) mass is 438 g/mol. The molecule has 4 aromatic rings. The van der Waals surface area contributed by atoms with Crippen LogP contribution in [-0.4, -0.2) is 8.42 Å². The average Bonchev–Trinajstić information content (AvgIpc) is 2.76. The lowest BCUT2D eigenvalue weighted by Gasteiger charge is -2.14. The fourth-order valence-electron chi connectivity index (χ4n) is 2.86. The van der Waals surface area contributed by atoms with Gasteiger partial charge in [-0.15, -0.1) is 12.4 Å². The standard InChI is InChI=1S/C24H18O4S.ClH/c25-29(26,23-17-9-7-15-21(23)27-19-11-3-1-4-12-19)24-18-10-8-16-22(24)28-20-13-5-2-6-14-20;/h1-18H;1H. The minimum atomic E-state index is -3.89. The molecule has 0 fully saturated rings. The zero-order valence-electron chi connectivity index (χ0n) is 15.8. The van der Waals surface area contributed by atoms with E-state index in [1.54, 1.807) is 60.7 Å². The summed E-state index contributed by atoms with van der Waals surface area (Å²) in [4.78, 5) is 0.154. The molecule has 0 saturated heterocycles. The first kappa shape index (κ1) is 21.4. The number of sulfone groups is 1. The number of para-hydroxylation sites is 4. The summed E-state index contributed by atoms with van der Waals surface area (Å²) in [6.07, 6.45) is 0. The van der Waals surface area contributed by atoms with Crippen molar-refractivity contribution in [1.82, 2.24) is 0 Å². The van der Waals surface area contributed by atoms with Gasteiger partial charge in [0, 0.05) is 0 Å². The maximum Gasteiger partial charge on any atom is 0.213 e. The zero-order valence-corrected chi connectivity index (χ0v) is 17.5. The summed E-state index contributed by atoms with van der Waals surface area (Å²) in [6, 6.07) is 31.3. The van der Waals surface area contributed by atoms with Crippen molar-refractivity contribution in [3.05, 3.63) is 109 Å². The topological polar surface area (TPSA) is 52.6 Å². The summed E-state index contributed by atoms with van der Waals surface area (Å²) >= 11 is 0. The molecule has 0 saturated carbocycles. The summed E-state index contributed by atoms with van der Waals surface area (Å²) in [5.41, 5.74) is 0. The molecule has 152 valence electrons. The molecule has 0 aliphatic carbocycles. The van der Waals surface area contributed by atoms with Crippen molar-refractivity contribution < 1.29 is 17.9 Å². The molecule has 0 radical (unpaired) electrons. The first-order chi connectivity index (χ1) is 14.1. The van der Waals surface area contributed by atoms with Crippen molar-refractivity contribution in [2.24, 2.45) is 0 Å². The van der Waals surface area contributed by atoms with E-state index in [4.69, 9.17) is 9.47 Å². The van der Waals surface area contributed by atoms with Crippen molar-refractivity contribution in [2.45, 2.75) is 9.79 Å². The van der Waals surface area contributed by atoms with E-state index in [0.29, 0.717) is 11.5 Å². The van der Waals surface area contributed by atoms with Gasteiger partial charge in [-0.3, -0.25) is 0 Å². The molecule has 4 rings (SSSR count). The van der Waals surface area contributed by atoms with Crippen LogP contribution >= 0.6 is 12.4 Å². The Hall–Kier alpha value is -3.28. The zero-order chi connectivity index (χ0) is 20.1. The van der Waals surface area contributed by atoms with Gasteiger partial charge in [0.25, 0.3) is 0 Å². The molecule has 6 heteroatoms. The van der Waals surface area contributed by atoms with Crippen molar-refractivity contribution >= 4 is 22.2 Å². The number of hydrogen-bond acceptors (Lipinski definition) is 4. The third kappa shape index (κ3) is 4.64. The van der Waals surface area contributed by atoms with E-state index < -0.39 is 9.84 Å². The Labute approximate surface area is 182 Å². The van der Waals surface area contributed by atoms with E-state index in [0.717, 1.165) is 0 Å². The summed E-state index contributed by atoms with van der Waals surface area (Å²) < 4.78 is 38.7. The van der Waals surface area contributed by atoms with Crippen molar-refractivity contribution in [1.29, 1.82) is 0 Å². The molecule has 0 atom stereocenters. The molecule has 0 aliphatic rings. The predicted octanol–water partition coefficient (Wildman–Crippen LogP) is 6.53. The lowest BCUT2D eigenvalue weighted by Crippen LogP contribution is -2.06. The highest BCUT2D eigenvalue weighted by Gasteiger charge is 2.26. The fraction of sp³-hybridized carbons (Fsp3) is 0. The van der Waals surface area contributed by atoms with Gasteiger partial charge < -0.3 is 9.47 Å². The predicted molar refractivity (Wildman–Crippen MR) is 119 cm³/mol. The van der Waals surface area contributed by atoms with Crippen LogP contribution in [0.1, 0.15) is 0 Å². The van der Waals surface area contributed by atoms with Gasteiger partial charge in [0.2, 0.25) is 9.84 Å². The van der Waals surface area contributed by atoms with Gasteiger partial charge in [-0.05, 0) is 48.5 Å². The molecular formula is C24H19ClO4S. The number of halogens is 1. The highest BCUT2D eigenvalue weighted by Crippen LogP contribution is 2.37. The molecule has 0 amide bonds. The maximum atomic E-state index is 13.5. The maximum absolute atomic E-state index is 13.5. The summed E-state index contributed by atoms with van der Waals surface area (Å²) in [7, 11) is -3.89. The third-order valence-corrected chi connectivity index (χ3v) is 6.05. The van der Waals surface area contributed by atoms with Crippen LogP contribution in [0.25, 0.3) is 0 Å². The van der Waals surface area contributed by atoms with Crippen LogP contribution in [0.5, 0.6) is 23.0 Å². The Bertz CT molecular complexity index is 1120. The van der Waals surface area contributed by atoms with Crippen LogP contribution < -0.4 is 9.47 Å². The lowest BCUT2D eigenvalue weighted by molar-refractivity contribution is 0.462. The quantitative estimate of drug-likeness (QED) is 0.343. The second-order valence-corrected chi connectivity index (χ2v) is 8.11. The molecule has 0 bridgehead atoms. The summed E-state index contributed by atoms with van der Waals surface area (Å²) in [5.74, 6) is 1.63. The normalized spacial score (nSPS) is 10.7. The SMILES string of the molecule is Cl.O=S(=O)(c1ccccc1Oc1ccccc1)c1ccccc1Oc1ccccc1. The molecular weight excluding hydrogens is 420 g/mol. The lowest BCUT2D eigenvalue weighted by atomic mass is 10.3. The Balaban J connectivity index is 0.00000256. The smallest absolute Gasteiger partial charge is 0.213 e. The first-order valence-electron chi connectivity index (χ1n) is 9.03. The Morgan fingerprint density at radius 1 is 0.467 bits per heavy atom. The van der Waals surface area contributed by atoms with Gasteiger partial charge in [-0.2, -0.15) is 0 Å². The number of rotatable bonds is 6. The van der Waals surface area contributed by atoms with Crippen molar-refractivity contribution in [3.63, 3.8) is 0 Å². The van der Waals surface area contributed by atoms with Crippen LogP contribution in [-0.2, 0) is 9.84 Å². The van der Waals surface area contributed by atoms with Gasteiger partial charge in [0.15, 0.2) is 0 Å². The number of benzene rings is 4. The highest BCUT2D eigenvalue weighted by atomic mass is 35.5. The minimum Gasteiger partial charge on any atom is -0.456 e. The van der Waals surface area contributed by atoms with E-state index in [2.05, 4.69) is 0 Å². The molecule has 0 heterocycles. The first-order valence-corrected chi connectivity index (χ1v) is 10.5. The largest absolute Gasteiger partial charge is 0.456 e. The van der Waals surface area contributed by atoms with Crippen LogP contribution in [0.15, 0.2) is 119 Å². The van der Waals surface area contributed by atoms with Crippen LogP contribution in [0.3, 0.4) is 0 Å². The summed E-state index contributed by atoms with van der Waals surface area (Å²) in [6.45, 7) is 0. The molecule has 30 heavy (non-hydrogen) atoms. The van der Waals surface area contributed by atoms with E-state index in [1.165, 1.54) is 12.1 Å². The minimum absolute atomic E-state index is 0. The molecule has 0 spiro atoms. The second-order valence-electron chi connectivity index (χ2n) is 6.23. The van der Waals surface area contributed by atoms with Gasteiger partial charge >= 0.3 is 0 Å². The van der Waals surface area contributed by atoms with Gasteiger partial charge in [-0.25, -0.2) is 8.42 Å². The Morgan fingerprint density at radius 3 is 1.20 bits per heavy atom. The molecule has 4 aromatic carbocycles. The van der Waals surface area contributed by atoms with Gasteiger partial charge in [-0.1, -0.05) is 60.7 Å². The van der Waals surface area contributed by atoms with Crippen LogP contribution in [0.2, 0.25) is 0 Å². The van der Waals surface area contributed by atoms with Crippen LogP contribution in [0.4, 0.5) is 0 Å². The average molecular weight is 439 g/mol. The second kappa shape index (κ2) is 9.48. The van der Waals surface area contributed by atoms with E-state index in [-0.39, 0.29) is 33.7 Å². The van der Waals surface area contributed by atoms with Crippen molar-refractivity contribution in [2.75, 3.05) is 0 Å². The molecule has 0 unspecified atom stereocenters. The van der Waals surface area contributed by atoms with E-state index >= 15 is 0 Å². The van der Waals surface area contributed by atoms with Gasteiger partial charge in [0.05, 0.1) is 0 Å². The number of ether oxygens (including phenoxy) is 2. The van der Waals surface area contributed by atoms with E-state index in [1.807, 2.05) is 36.4 Å². The summed E-state index contributed by atoms with van der Waals surface area (Å²) in [5, 5.41) is 0. The van der Waals surface area contributed by atoms with E-state index in [9.17, 15) is 8.42 Å². The van der Waals surface area contributed by atoms with Crippen LogP contribution in [0, 0.1) is 0 Å².